The van der Waals surface area contributed by atoms with E-state index >= 15 is 0 Å². The first-order chi connectivity index (χ1) is 13.7. The highest BCUT2D eigenvalue weighted by Gasteiger charge is 2.23. The molecule has 1 N–H and O–H groups in total. The number of aromatic nitrogens is 1. The predicted octanol–water partition coefficient (Wildman–Crippen LogP) is 4.44. The van der Waals surface area contributed by atoms with Crippen LogP contribution in [0.2, 0.25) is 5.02 Å². The van der Waals surface area contributed by atoms with Crippen LogP contribution in [0.25, 0.3) is 0 Å². The van der Waals surface area contributed by atoms with Crippen LogP contribution >= 0.6 is 11.6 Å². The van der Waals surface area contributed by atoms with Crippen molar-refractivity contribution in [3.63, 3.8) is 0 Å². The molecule has 5 nitrogen and oxygen atoms in total. The number of pyridine rings is 1. The van der Waals surface area contributed by atoms with Gasteiger partial charge < -0.3 is 15.1 Å². The van der Waals surface area contributed by atoms with Crippen LogP contribution in [0.15, 0.2) is 72.9 Å². The molecule has 0 bridgehead atoms. The van der Waals surface area contributed by atoms with E-state index in [4.69, 9.17) is 11.6 Å². The van der Waals surface area contributed by atoms with E-state index in [2.05, 4.69) is 27.3 Å². The van der Waals surface area contributed by atoms with E-state index < -0.39 is 0 Å². The highest BCUT2D eigenvalue weighted by atomic mass is 35.5. The minimum absolute atomic E-state index is 0.0259. The van der Waals surface area contributed by atoms with Gasteiger partial charge >= 0.3 is 0 Å². The number of benzene rings is 2. The van der Waals surface area contributed by atoms with Crippen molar-refractivity contribution in [3.05, 3.63) is 83.6 Å². The molecule has 142 valence electrons. The van der Waals surface area contributed by atoms with Gasteiger partial charge in [0.2, 0.25) is 0 Å². The lowest BCUT2D eigenvalue weighted by atomic mass is 10.2. The third-order valence-electron chi connectivity index (χ3n) is 4.78. The molecule has 1 fully saturated rings. The number of carbonyl (C=O) groups excluding carboxylic acids is 1. The summed E-state index contributed by atoms with van der Waals surface area (Å²) in [5.41, 5.74) is 3.35. The van der Waals surface area contributed by atoms with E-state index in [9.17, 15) is 4.79 Å². The first-order valence-corrected chi connectivity index (χ1v) is 9.65. The number of rotatable bonds is 4. The maximum Gasteiger partial charge on any atom is 0.272 e. The molecule has 1 aromatic heterocycles. The number of amides is 1. The maximum atomic E-state index is 12.8. The summed E-state index contributed by atoms with van der Waals surface area (Å²) >= 11 is 6.00. The zero-order chi connectivity index (χ0) is 19.3. The SMILES string of the molecule is O=C(c1ccc(Nc2cccc(Cl)c2)cn1)N1CCN(c2ccccc2)CC1. The molecule has 1 aliphatic heterocycles. The summed E-state index contributed by atoms with van der Waals surface area (Å²) in [7, 11) is 0. The summed E-state index contributed by atoms with van der Waals surface area (Å²) in [4.78, 5) is 21.3. The van der Waals surface area contributed by atoms with Crippen LogP contribution in [0.1, 0.15) is 10.5 Å². The Hall–Kier alpha value is -3.05. The van der Waals surface area contributed by atoms with Crippen molar-refractivity contribution in [2.45, 2.75) is 0 Å². The quantitative estimate of drug-likeness (QED) is 0.713. The molecule has 0 unspecified atom stereocenters. The summed E-state index contributed by atoms with van der Waals surface area (Å²) in [6, 6.07) is 21.4. The highest BCUT2D eigenvalue weighted by molar-refractivity contribution is 6.30. The lowest BCUT2D eigenvalue weighted by Crippen LogP contribution is -2.49. The number of hydrogen-bond acceptors (Lipinski definition) is 4. The van der Waals surface area contributed by atoms with Crippen LogP contribution in [0.4, 0.5) is 17.1 Å². The van der Waals surface area contributed by atoms with E-state index in [1.165, 1.54) is 5.69 Å². The van der Waals surface area contributed by atoms with Gasteiger partial charge in [0.25, 0.3) is 5.91 Å². The standard InChI is InChI=1S/C22H21ClN4O/c23-17-5-4-6-18(15-17)25-19-9-10-21(24-16-19)22(28)27-13-11-26(12-14-27)20-7-2-1-3-8-20/h1-10,15-16,25H,11-14H2. The number of hydrogen-bond donors (Lipinski definition) is 1. The average molecular weight is 393 g/mol. The van der Waals surface area contributed by atoms with Crippen molar-refractivity contribution in [2.75, 3.05) is 36.4 Å². The molecule has 1 saturated heterocycles. The van der Waals surface area contributed by atoms with Crippen molar-refractivity contribution in [2.24, 2.45) is 0 Å². The van der Waals surface area contributed by atoms with Gasteiger partial charge in [0.15, 0.2) is 0 Å². The van der Waals surface area contributed by atoms with E-state index in [0.717, 1.165) is 24.5 Å². The van der Waals surface area contributed by atoms with Crippen LogP contribution in [-0.4, -0.2) is 42.0 Å². The zero-order valence-electron chi connectivity index (χ0n) is 15.4. The second-order valence-electron chi connectivity index (χ2n) is 6.68. The first-order valence-electron chi connectivity index (χ1n) is 9.27. The van der Waals surface area contributed by atoms with Gasteiger partial charge in [0.1, 0.15) is 5.69 Å². The van der Waals surface area contributed by atoms with Crippen molar-refractivity contribution in [1.29, 1.82) is 0 Å². The largest absolute Gasteiger partial charge is 0.368 e. The number of para-hydroxylation sites is 1. The van der Waals surface area contributed by atoms with Crippen LogP contribution in [0.5, 0.6) is 0 Å². The second-order valence-corrected chi connectivity index (χ2v) is 7.12. The van der Waals surface area contributed by atoms with Gasteiger partial charge in [-0.3, -0.25) is 4.79 Å². The third-order valence-corrected chi connectivity index (χ3v) is 5.02. The monoisotopic (exact) mass is 392 g/mol. The molecule has 0 radical (unpaired) electrons. The maximum absolute atomic E-state index is 12.8. The second kappa shape index (κ2) is 8.31. The van der Waals surface area contributed by atoms with E-state index in [0.29, 0.717) is 23.8 Å². The molecule has 6 heteroatoms. The van der Waals surface area contributed by atoms with Gasteiger partial charge in [-0.05, 0) is 42.5 Å². The molecule has 4 rings (SSSR count). The Morgan fingerprint density at radius 3 is 2.36 bits per heavy atom. The Bertz CT molecular complexity index is 938. The van der Waals surface area contributed by atoms with Gasteiger partial charge in [-0.1, -0.05) is 35.9 Å². The average Bonchev–Trinajstić information content (AvgIpc) is 2.75. The van der Waals surface area contributed by atoms with Crippen molar-refractivity contribution >= 4 is 34.6 Å². The minimum Gasteiger partial charge on any atom is -0.368 e. The molecular formula is C22H21ClN4O. The van der Waals surface area contributed by atoms with Crippen LogP contribution in [0.3, 0.4) is 0 Å². The third kappa shape index (κ3) is 4.26. The molecular weight excluding hydrogens is 372 g/mol. The molecule has 3 aromatic rings. The molecule has 2 aromatic carbocycles. The summed E-state index contributed by atoms with van der Waals surface area (Å²) in [5, 5.41) is 3.90. The molecule has 0 atom stereocenters. The molecule has 2 heterocycles. The minimum atomic E-state index is -0.0259. The van der Waals surface area contributed by atoms with E-state index in [-0.39, 0.29) is 5.91 Å². The fourth-order valence-corrected chi connectivity index (χ4v) is 3.49. The van der Waals surface area contributed by atoms with Gasteiger partial charge in [-0.25, -0.2) is 4.98 Å². The Morgan fingerprint density at radius 1 is 0.893 bits per heavy atom. The van der Waals surface area contributed by atoms with Crippen molar-refractivity contribution < 1.29 is 4.79 Å². The Morgan fingerprint density at radius 2 is 1.68 bits per heavy atom. The molecule has 0 saturated carbocycles. The van der Waals surface area contributed by atoms with Gasteiger partial charge in [-0.15, -0.1) is 0 Å². The van der Waals surface area contributed by atoms with Crippen LogP contribution in [0, 0.1) is 0 Å². The smallest absolute Gasteiger partial charge is 0.272 e. The number of halogens is 1. The lowest BCUT2D eigenvalue weighted by molar-refractivity contribution is 0.0741. The number of carbonyl (C=O) groups is 1. The number of piperazine rings is 1. The molecule has 0 aliphatic carbocycles. The Balaban J connectivity index is 1.36. The number of nitrogens with one attached hydrogen (secondary N) is 1. The van der Waals surface area contributed by atoms with E-state index in [1.54, 1.807) is 12.3 Å². The zero-order valence-corrected chi connectivity index (χ0v) is 16.1. The lowest BCUT2D eigenvalue weighted by Gasteiger charge is -2.36. The van der Waals surface area contributed by atoms with Gasteiger partial charge in [0.05, 0.1) is 11.9 Å². The first kappa shape index (κ1) is 18.3. The Labute approximate surface area is 169 Å². The van der Waals surface area contributed by atoms with E-state index in [1.807, 2.05) is 53.4 Å². The molecule has 1 amide bonds. The predicted molar refractivity (Wildman–Crippen MR) is 114 cm³/mol. The molecule has 1 aliphatic rings. The summed E-state index contributed by atoms with van der Waals surface area (Å²) in [5.74, 6) is -0.0259. The van der Waals surface area contributed by atoms with Crippen LogP contribution in [-0.2, 0) is 0 Å². The Kier molecular flexibility index (Phi) is 5.44. The van der Waals surface area contributed by atoms with Gasteiger partial charge in [0, 0.05) is 42.6 Å². The number of nitrogens with zero attached hydrogens (tertiary/aromatic N) is 3. The summed E-state index contributed by atoms with van der Waals surface area (Å²) < 4.78 is 0. The summed E-state index contributed by atoms with van der Waals surface area (Å²) in [6.45, 7) is 3.03. The molecule has 28 heavy (non-hydrogen) atoms. The fraction of sp³-hybridized carbons (Fsp3) is 0.182. The van der Waals surface area contributed by atoms with Gasteiger partial charge in [-0.2, -0.15) is 0 Å². The summed E-state index contributed by atoms with van der Waals surface area (Å²) in [6.07, 6.45) is 1.67. The van der Waals surface area contributed by atoms with Crippen LogP contribution < -0.4 is 10.2 Å². The fourth-order valence-electron chi connectivity index (χ4n) is 3.30. The van der Waals surface area contributed by atoms with Crippen molar-refractivity contribution in [3.8, 4) is 0 Å². The van der Waals surface area contributed by atoms with Crippen molar-refractivity contribution in [1.82, 2.24) is 9.88 Å². The highest BCUT2D eigenvalue weighted by Crippen LogP contribution is 2.20. The number of anilines is 3. The normalized spacial score (nSPS) is 14.0. The topological polar surface area (TPSA) is 48.5 Å². The molecule has 0 spiro atoms.